The zero-order chi connectivity index (χ0) is 9.14. The van der Waals surface area contributed by atoms with Gasteiger partial charge in [0.1, 0.15) is 0 Å². The lowest BCUT2D eigenvalue weighted by molar-refractivity contribution is 1.25. The fourth-order valence-corrected chi connectivity index (χ4v) is 1.47. The fraction of sp³-hybridized carbons (Fsp3) is 0.200. The minimum Gasteiger partial charge on any atom is -0.326 e. The van der Waals surface area contributed by atoms with E-state index >= 15 is 0 Å². The molecule has 0 aliphatic carbocycles. The summed E-state index contributed by atoms with van der Waals surface area (Å²) in [6, 6.07) is 6.05. The Balaban J connectivity index is 3.16. The molecule has 0 bridgehead atoms. The molecule has 0 aliphatic rings. The Morgan fingerprint density at radius 2 is 2.25 bits per heavy atom. The molecule has 2 heteroatoms. The molecule has 12 heavy (non-hydrogen) atoms. The van der Waals surface area contributed by atoms with Gasteiger partial charge in [0.2, 0.25) is 0 Å². The van der Waals surface area contributed by atoms with E-state index in [9.17, 15) is 0 Å². The van der Waals surface area contributed by atoms with Gasteiger partial charge in [-0.25, -0.2) is 0 Å². The minimum absolute atomic E-state index is 0.511. The number of hydrogen-bond donors (Lipinski definition) is 1. The predicted molar refractivity (Wildman–Crippen MR) is 57.0 cm³/mol. The smallest absolute Gasteiger partial charge is 0.0210 e. The molecule has 1 nitrogen and oxygen atoms in total. The summed E-state index contributed by atoms with van der Waals surface area (Å²) in [5.74, 6) is 0. The lowest BCUT2D eigenvalue weighted by Gasteiger charge is -2.07. The molecule has 0 atom stereocenters. The monoisotopic (exact) mass is 225 g/mol. The lowest BCUT2D eigenvalue weighted by atomic mass is 10.0. The zero-order valence-electron chi connectivity index (χ0n) is 7.10. The summed E-state index contributed by atoms with van der Waals surface area (Å²) in [5, 5.41) is 0. The van der Waals surface area contributed by atoms with Crippen LogP contribution in [0, 0.1) is 6.92 Å². The molecule has 0 saturated heterocycles. The standard InChI is InChI=1S/C10H12BrN/c1-7(6-12)9-4-3-5-10(11)8(9)2/h3-5H,1,6,12H2,2H3. The highest BCUT2D eigenvalue weighted by Crippen LogP contribution is 2.23. The van der Waals surface area contributed by atoms with Crippen LogP contribution < -0.4 is 5.73 Å². The Bertz CT molecular complexity index is 305. The normalized spacial score (nSPS) is 9.92. The molecule has 0 amide bonds. The van der Waals surface area contributed by atoms with E-state index in [1.54, 1.807) is 0 Å². The Morgan fingerprint density at radius 3 is 2.83 bits per heavy atom. The van der Waals surface area contributed by atoms with Gasteiger partial charge in [0.25, 0.3) is 0 Å². The molecule has 0 saturated carbocycles. The number of halogens is 1. The van der Waals surface area contributed by atoms with Gasteiger partial charge in [0, 0.05) is 11.0 Å². The maximum absolute atomic E-state index is 5.51. The van der Waals surface area contributed by atoms with Crippen molar-refractivity contribution in [2.45, 2.75) is 6.92 Å². The van der Waals surface area contributed by atoms with Gasteiger partial charge in [0.15, 0.2) is 0 Å². The molecule has 0 unspecified atom stereocenters. The van der Waals surface area contributed by atoms with E-state index in [0.717, 1.165) is 15.6 Å². The van der Waals surface area contributed by atoms with Gasteiger partial charge >= 0.3 is 0 Å². The Kier molecular flexibility index (Phi) is 3.06. The summed E-state index contributed by atoms with van der Waals surface area (Å²) < 4.78 is 1.11. The number of benzene rings is 1. The molecule has 0 radical (unpaired) electrons. The molecule has 0 fully saturated rings. The van der Waals surface area contributed by atoms with E-state index in [2.05, 4.69) is 29.4 Å². The highest BCUT2D eigenvalue weighted by Gasteiger charge is 2.02. The van der Waals surface area contributed by atoms with Gasteiger partial charge in [-0.1, -0.05) is 34.6 Å². The summed E-state index contributed by atoms with van der Waals surface area (Å²) in [4.78, 5) is 0. The van der Waals surface area contributed by atoms with Crippen molar-refractivity contribution in [2.75, 3.05) is 6.54 Å². The van der Waals surface area contributed by atoms with Crippen molar-refractivity contribution in [3.63, 3.8) is 0 Å². The third-order valence-corrected chi connectivity index (χ3v) is 2.75. The van der Waals surface area contributed by atoms with Gasteiger partial charge in [0.05, 0.1) is 0 Å². The molecule has 0 spiro atoms. The highest BCUT2D eigenvalue weighted by molar-refractivity contribution is 9.10. The first kappa shape index (κ1) is 9.49. The predicted octanol–water partition coefficient (Wildman–Crippen LogP) is 2.73. The number of hydrogen-bond acceptors (Lipinski definition) is 1. The third kappa shape index (κ3) is 1.76. The molecular weight excluding hydrogens is 214 g/mol. The quantitative estimate of drug-likeness (QED) is 0.824. The second-order valence-corrected chi connectivity index (χ2v) is 3.57. The summed E-state index contributed by atoms with van der Waals surface area (Å²) >= 11 is 3.46. The van der Waals surface area contributed by atoms with Gasteiger partial charge in [-0.2, -0.15) is 0 Å². The lowest BCUT2D eigenvalue weighted by Crippen LogP contribution is -2.02. The van der Waals surface area contributed by atoms with E-state index in [1.165, 1.54) is 5.56 Å². The van der Waals surface area contributed by atoms with Crippen LogP contribution in [0.1, 0.15) is 11.1 Å². The molecule has 0 heterocycles. The molecule has 1 aromatic carbocycles. The van der Waals surface area contributed by atoms with Gasteiger partial charge in [-0.05, 0) is 29.7 Å². The second kappa shape index (κ2) is 3.87. The molecule has 1 rings (SSSR count). The zero-order valence-corrected chi connectivity index (χ0v) is 8.69. The van der Waals surface area contributed by atoms with Crippen LogP contribution in [0.3, 0.4) is 0 Å². The molecular formula is C10H12BrN. The molecule has 1 aromatic rings. The van der Waals surface area contributed by atoms with Gasteiger partial charge < -0.3 is 5.73 Å². The van der Waals surface area contributed by atoms with E-state index in [1.807, 2.05) is 18.2 Å². The van der Waals surface area contributed by atoms with E-state index < -0.39 is 0 Å². The first-order valence-electron chi connectivity index (χ1n) is 3.80. The SMILES string of the molecule is C=C(CN)c1cccc(Br)c1C. The average molecular weight is 226 g/mol. The van der Waals surface area contributed by atoms with Crippen LogP contribution in [-0.2, 0) is 0 Å². The maximum atomic E-state index is 5.51. The number of nitrogens with two attached hydrogens (primary N) is 1. The van der Waals surface area contributed by atoms with E-state index in [-0.39, 0.29) is 0 Å². The molecule has 2 N–H and O–H groups in total. The first-order valence-corrected chi connectivity index (χ1v) is 4.59. The maximum Gasteiger partial charge on any atom is 0.0210 e. The molecule has 64 valence electrons. The highest BCUT2D eigenvalue weighted by atomic mass is 79.9. The van der Waals surface area contributed by atoms with E-state index in [0.29, 0.717) is 6.54 Å². The largest absolute Gasteiger partial charge is 0.326 e. The molecule has 0 aromatic heterocycles. The van der Waals surface area contributed by atoms with Crippen LogP contribution >= 0.6 is 15.9 Å². The van der Waals surface area contributed by atoms with Crippen LogP contribution in [0.5, 0.6) is 0 Å². The average Bonchev–Trinajstić information content (AvgIpc) is 2.08. The minimum atomic E-state index is 0.511. The summed E-state index contributed by atoms with van der Waals surface area (Å²) in [5.41, 5.74) is 8.84. The summed E-state index contributed by atoms with van der Waals surface area (Å²) in [7, 11) is 0. The van der Waals surface area contributed by atoms with E-state index in [4.69, 9.17) is 5.73 Å². The van der Waals surface area contributed by atoms with Crippen molar-refractivity contribution < 1.29 is 0 Å². The van der Waals surface area contributed by atoms with Crippen LogP contribution in [0.15, 0.2) is 29.3 Å². The van der Waals surface area contributed by atoms with Crippen LogP contribution in [-0.4, -0.2) is 6.54 Å². The van der Waals surface area contributed by atoms with Crippen molar-refractivity contribution in [1.82, 2.24) is 0 Å². The summed E-state index contributed by atoms with van der Waals surface area (Å²) in [6.07, 6.45) is 0. The van der Waals surface area contributed by atoms with Crippen molar-refractivity contribution in [3.05, 3.63) is 40.4 Å². The molecule has 0 aliphatic heterocycles. The first-order chi connectivity index (χ1) is 5.66. The fourth-order valence-electron chi connectivity index (χ4n) is 1.10. The van der Waals surface area contributed by atoms with Crippen molar-refractivity contribution in [2.24, 2.45) is 5.73 Å². The third-order valence-electron chi connectivity index (χ3n) is 1.89. The van der Waals surface area contributed by atoms with Crippen LogP contribution in [0.4, 0.5) is 0 Å². The van der Waals surface area contributed by atoms with Crippen molar-refractivity contribution in [1.29, 1.82) is 0 Å². The van der Waals surface area contributed by atoms with Crippen LogP contribution in [0.25, 0.3) is 5.57 Å². The van der Waals surface area contributed by atoms with Crippen LogP contribution in [0.2, 0.25) is 0 Å². The number of rotatable bonds is 2. The Hall–Kier alpha value is -0.600. The van der Waals surface area contributed by atoms with Crippen molar-refractivity contribution >= 4 is 21.5 Å². The van der Waals surface area contributed by atoms with Crippen molar-refractivity contribution in [3.8, 4) is 0 Å². The van der Waals surface area contributed by atoms with Gasteiger partial charge in [-0.15, -0.1) is 0 Å². The Morgan fingerprint density at radius 1 is 1.58 bits per heavy atom. The Labute approximate surface area is 81.4 Å². The van der Waals surface area contributed by atoms with Gasteiger partial charge in [-0.3, -0.25) is 0 Å². The topological polar surface area (TPSA) is 26.0 Å². The second-order valence-electron chi connectivity index (χ2n) is 2.72. The summed E-state index contributed by atoms with van der Waals surface area (Å²) in [6.45, 7) is 6.47.